The summed E-state index contributed by atoms with van der Waals surface area (Å²) in [5.74, 6) is 0.203. The van der Waals surface area contributed by atoms with E-state index in [1.807, 2.05) is 41.5 Å². The Morgan fingerprint density at radius 3 is 1.68 bits per heavy atom. The van der Waals surface area contributed by atoms with Crippen molar-refractivity contribution < 1.29 is 41.7 Å². The van der Waals surface area contributed by atoms with Crippen LogP contribution in [-0.4, -0.2) is 19.3 Å². The Hall–Kier alpha value is 0.915. The van der Waals surface area contributed by atoms with Crippen molar-refractivity contribution >= 4 is 15.8 Å². The Kier molecular flexibility index (Phi) is 9.47. The van der Waals surface area contributed by atoms with Gasteiger partial charge in [-0.3, -0.25) is 0 Å². The Morgan fingerprint density at radius 2 is 1.47 bits per heavy atom. The van der Waals surface area contributed by atoms with Crippen molar-refractivity contribution in [1.29, 1.82) is 0 Å². The van der Waals surface area contributed by atoms with Crippen LogP contribution in [0.5, 0.6) is 0 Å². The van der Waals surface area contributed by atoms with Crippen LogP contribution in [0.15, 0.2) is 8.58 Å². The van der Waals surface area contributed by atoms with E-state index in [9.17, 15) is 4.57 Å². The summed E-state index contributed by atoms with van der Waals surface area (Å²) < 4.78 is 30.5. The standard InChI is InChI=1S/C12H24O4P.ClH.Hg/c1-9(2)8-12(14-7)17(13,15-10(3)4)16-11(5)6;;/h9-11H,1-7H3;1H;/q;;+1/p-1. The van der Waals surface area contributed by atoms with Crippen LogP contribution in [0.2, 0.25) is 0 Å². The molecule has 0 aromatic heterocycles. The van der Waals surface area contributed by atoms with Gasteiger partial charge < -0.3 is 0 Å². The number of allylic oxidation sites excluding steroid dienone is 1. The van der Waals surface area contributed by atoms with Gasteiger partial charge in [-0.05, 0) is 0 Å². The van der Waals surface area contributed by atoms with Gasteiger partial charge in [-0.2, -0.15) is 0 Å². The zero-order chi connectivity index (χ0) is 15.2. The molecule has 0 aromatic carbocycles. The Bertz CT molecular complexity index is 342. The van der Waals surface area contributed by atoms with Crippen molar-refractivity contribution in [3.63, 3.8) is 0 Å². The van der Waals surface area contributed by atoms with Crippen LogP contribution < -0.4 is 0 Å². The molecule has 0 aromatic rings. The summed E-state index contributed by atoms with van der Waals surface area (Å²) in [6, 6.07) is 0. The second-order valence-corrected chi connectivity index (χ2v) is 13.3. The van der Waals surface area contributed by atoms with Gasteiger partial charge in [0.2, 0.25) is 0 Å². The van der Waals surface area contributed by atoms with Crippen molar-refractivity contribution in [1.82, 2.24) is 0 Å². The van der Waals surface area contributed by atoms with Crippen LogP contribution in [0, 0.1) is 5.92 Å². The van der Waals surface area contributed by atoms with Crippen LogP contribution in [0.3, 0.4) is 0 Å². The number of halogens is 1. The van der Waals surface area contributed by atoms with Crippen molar-refractivity contribution in [3.05, 3.63) is 8.58 Å². The molecule has 110 valence electrons. The van der Waals surface area contributed by atoms with E-state index < -0.39 is 30.9 Å². The number of methoxy groups -OCH3 is 1. The molecule has 19 heavy (non-hydrogen) atoms. The fourth-order valence-electron chi connectivity index (χ4n) is 1.55. The summed E-state index contributed by atoms with van der Waals surface area (Å²) in [6.45, 7) is 11.3. The van der Waals surface area contributed by atoms with Crippen LogP contribution in [-0.2, 0) is 41.7 Å². The van der Waals surface area contributed by atoms with Crippen molar-refractivity contribution in [2.45, 2.75) is 53.8 Å². The number of rotatable bonds is 8. The summed E-state index contributed by atoms with van der Waals surface area (Å²) in [5.41, 5.74) is 0.335. The van der Waals surface area contributed by atoms with E-state index in [0.717, 1.165) is 3.08 Å². The molecule has 0 fully saturated rings. The van der Waals surface area contributed by atoms with E-state index in [-0.39, 0.29) is 18.1 Å². The first-order valence-corrected chi connectivity index (χ1v) is 17.5. The zero-order valence-corrected chi connectivity index (χ0v) is 20.0. The topological polar surface area (TPSA) is 44.8 Å². The van der Waals surface area contributed by atoms with Crippen LogP contribution in [0.25, 0.3) is 0 Å². The minimum atomic E-state index is -3.44. The van der Waals surface area contributed by atoms with E-state index in [1.165, 1.54) is 7.11 Å². The van der Waals surface area contributed by atoms with Crippen LogP contribution in [0.4, 0.5) is 0 Å². The summed E-state index contributed by atoms with van der Waals surface area (Å²) in [5, 5.41) is 0. The summed E-state index contributed by atoms with van der Waals surface area (Å²) >= 11 is -1.79. The van der Waals surface area contributed by atoms with Gasteiger partial charge >= 0.3 is 133 Å². The molecule has 0 N–H and O–H groups in total. The molecular weight excluding hydrogens is 475 g/mol. The molecule has 0 spiro atoms. The number of hydrogen-bond acceptors (Lipinski definition) is 4. The second kappa shape index (κ2) is 9.04. The molecule has 0 amide bonds. The molecular formula is C12H24ClHgO4P. The Labute approximate surface area is 132 Å². The molecule has 7 heteroatoms. The van der Waals surface area contributed by atoms with Gasteiger partial charge in [-0.15, -0.1) is 0 Å². The molecule has 0 heterocycles. The molecule has 4 nitrogen and oxygen atoms in total. The summed E-state index contributed by atoms with van der Waals surface area (Å²) in [4.78, 5) is 0. The number of hydrogen-bond donors (Lipinski definition) is 0. The average molecular weight is 499 g/mol. The maximum absolute atomic E-state index is 13.0. The van der Waals surface area contributed by atoms with Gasteiger partial charge in [-0.1, -0.05) is 0 Å². The third-order valence-corrected chi connectivity index (χ3v) is 13.8. The normalized spacial score (nSPS) is 13.8. The van der Waals surface area contributed by atoms with Crippen molar-refractivity contribution in [3.8, 4) is 0 Å². The van der Waals surface area contributed by atoms with Gasteiger partial charge in [0.15, 0.2) is 0 Å². The second-order valence-electron chi connectivity index (χ2n) is 5.13. The van der Waals surface area contributed by atoms with Gasteiger partial charge in [0, 0.05) is 0 Å². The fraction of sp³-hybridized carbons (Fsp3) is 0.833. The van der Waals surface area contributed by atoms with Gasteiger partial charge in [-0.25, -0.2) is 0 Å². The van der Waals surface area contributed by atoms with Crippen LogP contribution >= 0.6 is 15.8 Å². The van der Waals surface area contributed by atoms with E-state index in [1.54, 1.807) is 0 Å². The summed E-state index contributed by atoms with van der Waals surface area (Å²) in [6.07, 6.45) is -0.426. The van der Waals surface area contributed by atoms with E-state index in [4.69, 9.17) is 22.0 Å². The predicted molar refractivity (Wildman–Crippen MR) is 74.8 cm³/mol. The SMILES string of the molecule is CO/C(=[C](/[Hg][Cl])C(C)C)P(=O)(OC(C)C)OC(C)C. The minimum absolute atomic E-state index is 0.203. The monoisotopic (exact) mass is 500 g/mol. The predicted octanol–water partition coefficient (Wildman–Crippen LogP) is 4.74. The first-order chi connectivity index (χ1) is 8.67. The Morgan fingerprint density at radius 1 is 1.05 bits per heavy atom. The molecule has 0 rings (SSSR count). The fourth-order valence-corrected chi connectivity index (χ4v) is 13.5. The van der Waals surface area contributed by atoms with Crippen molar-refractivity contribution in [2.75, 3.05) is 7.11 Å². The molecule has 0 aliphatic rings. The zero-order valence-electron chi connectivity index (χ0n) is 12.9. The quantitative estimate of drug-likeness (QED) is 0.275. The number of ether oxygens (including phenoxy) is 1. The Balaban J connectivity index is 5.72. The third-order valence-electron chi connectivity index (χ3n) is 2.26. The molecule has 0 unspecified atom stereocenters. The molecule has 0 radical (unpaired) electrons. The third kappa shape index (κ3) is 6.47. The van der Waals surface area contributed by atoms with Gasteiger partial charge in [0.25, 0.3) is 0 Å². The first kappa shape index (κ1) is 19.9. The summed E-state index contributed by atoms with van der Waals surface area (Å²) in [7, 11) is 4.23. The maximum atomic E-state index is 13.0. The molecule has 0 atom stereocenters. The molecule has 0 saturated heterocycles. The first-order valence-electron chi connectivity index (χ1n) is 6.48. The van der Waals surface area contributed by atoms with E-state index in [0.29, 0.717) is 5.50 Å². The van der Waals surface area contributed by atoms with Crippen molar-refractivity contribution in [2.24, 2.45) is 5.92 Å². The molecule has 0 saturated carbocycles. The molecule has 0 aliphatic heterocycles. The molecule has 0 aliphatic carbocycles. The van der Waals surface area contributed by atoms with Gasteiger partial charge in [0.05, 0.1) is 0 Å². The van der Waals surface area contributed by atoms with Crippen LogP contribution in [0.1, 0.15) is 41.5 Å². The van der Waals surface area contributed by atoms with Gasteiger partial charge in [0.1, 0.15) is 0 Å². The van der Waals surface area contributed by atoms with E-state index >= 15 is 0 Å². The van der Waals surface area contributed by atoms with E-state index in [2.05, 4.69) is 0 Å². The average Bonchev–Trinajstić information content (AvgIpc) is 2.21. The molecule has 0 bridgehead atoms.